The number of carbonyl (C=O) groups is 1. The number of nitrogens with zero attached hydrogens (tertiary/aromatic N) is 3. The van der Waals surface area contributed by atoms with Crippen LogP contribution in [0.15, 0.2) is 47.6 Å². The molecule has 158 valence electrons. The Labute approximate surface area is 180 Å². The summed E-state index contributed by atoms with van der Waals surface area (Å²) in [5.74, 6) is 2.35. The summed E-state index contributed by atoms with van der Waals surface area (Å²) in [4.78, 5) is 12.3. The smallest absolute Gasteiger partial charge is 0.234 e. The second kappa shape index (κ2) is 9.67. The largest absolute Gasteiger partial charge is 0.497 e. The molecule has 1 heterocycles. The zero-order valence-corrected chi connectivity index (χ0v) is 18.6. The van der Waals surface area contributed by atoms with Gasteiger partial charge in [0.25, 0.3) is 0 Å². The number of hydrogen-bond donors (Lipinski definition) is 1. The quantitative estimate of drug-likeness (QED) is 0.541. The summed E-state index contributed by atoms with van der Waals surface area (Å²) in [6.45, 7) is 6.02. The Balaban J connectivity index is 1.58. The molecule has 1 aromatic heterocycles. The van der Waals surface area contributed by atoms with Gasteiger partial charge in [0.2, 0.25) is 5.91 Å². The number of carbonyl (C=O) groups excluding carboxylic acids is 1. The minimum absolute atomic E-state index is 0.116. The van der Waals surface area contributed by atoms with E-state index in [1.165, 1.54) is 11.8 Å². The molecule has 30 heavy (non-hydrogen) atoms. The number of anilines is 1. The van der Waals surface area contributed by atoms with Crippen LogP contribution in [0.5, 0.6) is 11.5 Å². The third-order valence-corrected chi connectivity index (χ3v) is 5.47. The second-order valence-electron chi connectivity index (χ2n) is 7.05. The van der Waals surface area contributed by atoms with Gasteiger partial charge in [-0.15, -0.1) is 10.2 Å². The van der Waals surface area contributed by atoms with Gasteiger partial charge < -0.3 is 19.4 Å². The number of aromatic nitrogens is 3. The first kappa shape index (κ1) is 21.7. The van der Waals surface area contributed by atoms with E-state index in [0.717, 1.165) is 28.3 Å². The number of aryl methyl sites for hydroxylation is 2. The maximum atomic E-state index is 12.3. The number of methoxy groups -OCH3 is 1. The van der Waals surface area contributed by atoms with Gasteiger partial charge in [0.1, 0.15) is 11.5 Å². The molecule has 0 spiro atoms. The molecular weight excluding hydrogens is 400 g/mol. The van der Waals surface area contributed by atoms with Crippen LogP contribution in [-0.4, -0.2) is 33.5 Å². The van der Waals surface area contributed by atoms with Gasteiger partial charge in [-0.05, 0) is 68.3 Å². The van der Waals surface area contributed by atoms with Crippen molar-refractivity contribution in [2.45, 2.75) is 32.0 Å². The third kappa shape index (κ3) is 5.54. The molecule has 0 radical (unpaired) electrons. The van der Waals surface area contributed by atoms with Crippen molar-refractivity contribution >= 4 is 23.4 Å². The summed E-state index contributed by atoms with van der Waals surface area (Å²) in [5.41, 5.74) is 3.01. The van der Waals surface area contributed by atoms with Crippen molar-refractivity contribution in [1.82, 2.24) is 14.8 Å². The number of ether oxygens (including phenoxy) is 2. The summed E-state index contributed by atoms with van der Waals surface area (Å²) in [7, 11) is 3.48. The summed E-state index contributed by atoms with van der Waals surface area (Å²) in [6, 6.07) is 13.3. The van der Waals surface area contributed by atoms with Crippen LogP contribution < -0.4 is 14.8 Å². The molecule has 0 fully saturated rings. The lowest BCUT2D eigenvalue weighted by Crippen LogP contribution is -2.14. The van der Waals surface area contributed by atoms with Crippen LogP contribution in [0, 0.1) is 13.8 Å². The lowest BCUT2D eigenvalue weighted by molar-refractivity contribution is -0.113. The SMILES string of the molecule is COc1ccc(NC(=O)CSc2nnc(C(C)Oc3cc(C)cc(C)c3)n2C)cc1. The zero-order chi connectivity index (χ0) is 21.7. The lowest BCUT2D eigenvalue weighted by Gasteiger charge is -2.15. The summed E-state index contributed by atoms with van der Waals surface area (Å²) in [6.07, 6.45) is -0.272. The topological polar surface area (TPSA) is 78.3 Å². The number of thioether (sulfide) groups is 1. The molecule has 0 saturated carbocycles. The molecule has 7 nitrogen and oxygen atoms in total. The molecule has 1 unspecified atom stereocenters. The van der Waals surface area contributed by atoms with Gasteiger partial charge in [-0.2, -0.15) is 0 Å². The van der Waals surface area contributed by atoms with Crippen LogP contribution in [-0.2, 0) is 11.8 Å². The highest BCUT2D eigenvalue weighted by atomic mass is 32.2. The molecule has 3 rings (SSSR count). The molecule has 0 aliphatic heterocycles. The van der Waals surface area contributed by atoms with Gasteiger partial charge in [-0.1, -0.05) is 17.8 Å². The van der Waals surface area contributed by atoms with E-state index in [9.17, 15) is 4.79 Å². The fourth-order valence-corrected chi connectivity index (χ4v) is 3.78. The van der Waals surface area contributed by atoms with Crippen LogP contribution in [0.4, 0.5) is 5.69 Å². The summed E-state index contributed by atoms with van der Waals surface area (Å²) in [5, 5.41) is 12.0. The summed E-state index contributed by atoms with van der Waals surface area (Å²) >= 11 is 1.33. The van der Waals surface area contributed by atoms with E-state index in [0.29, 0.717) is 11.0 Å². The fraction of sp³-hybridized carbons (Fsp3) is 0.318. The maximum absolute atomic E-state index is 12.3. The second-order valence-corrected chi connectivity index (χ2v) is 7.99. The molecule has 1 amide bonds. The average molecular weight is 427 g/mol. The van der Waals surface area contributed by atoms with Crippen molar-refractivity contribution in [1.29, 1.82) is 0 Å². The molecule has 0 aliphatic carbocycles. The van der Waals surface area contributed by atoms with Gasteiger partial charge >= 0.3 is 0 Å². The number of hydrogen-bond acceptors (Lipinski definition) is 6. The van der Waals surface area contributed by atoms with Gasteiger partial charge in [-0.3, -0.25) is 4.79 Å². The first-order valence-corrected chi connectivity index (χ1v) is 10.5. The lowest BCUT2D eigenvalue weighted by atomic mass is 10.1. The van der Waals surface area contributed by atoms with Crippen LogP contribution in [0.25, 0.3) is 0 Å². The highest BCUT2D eigenvalue weighted by Gasteiger charge is 2.18. The van der Waals surface area contributed by atoms with Gasteiger partial charge in [0, 0.05) is 12.7 Å². The van der Waals surface area contributed by atoms with Gasteiger partial charge in [-0.25, -0.2) is 0 Å². The highest BCUT2D eigenvalue weighted by molar-refractivity contribution is 7.99. The van der Waals surface area contributed by atoms with E-state index in [1.54, 1.807) is 31.4 Å². The molecule has 2 aromatic carbocycles. The number of amides is 1. The van der Waals surface area contributed by atoms with E-state index in [-0.39, 0.29) is 17.8 Å². The highest BCUT2D eigenvalue weighted by Crippen LogP contribution is 2.25. The minimum Gasteiger partial charge on any atom is -0.497 e. The zero-order valence-electron chi connectivity index (χ0n) is 17.8. The minimum atomic E-state index is -0.272. The number of rotatable bonds is 8. The number of benzene rings is 2. The Morgan fingerprint density at radius 3 is 2.40 bits per heavy atom. The third-order valence-electron chi connectivity index (χ3n) is 4.45. The van der Waals surface area contributed by atoms with Crippen molar-refractivity contribution in [3.8, 4) is 11.5 Å². The predicted octanol–water partition coefficient (Wildman–Crippen LogP) is 4.31. The monoisotopic (exact) mass is 426 g/mol. The van der Waals surface area contributed by atoms with Crippen molar-refractivity contribution in [2.75, 3.05) is 18.2 Å². The Morgan fingerprint density at radius 1 is 1.10 bits per heavy atom. The first-order valence-electron chi connectivity index (χ1n) is 9.56. The van der Waals surface area contributed by atoms with Crippen molar-refractivity contribution in [3.63, 3.8) is 0 Å². The van der Waals surface area contributed by atoms with Crippen molar-refractivity contribution in [3.05, 3.63) is 59.4 Å². The molecule has 1 N–H and O–H groups in total. The molecule has 8 heteroatoms. The van der Waals surface area contributed by atoms with E-state index < -0.39 is 0 Å². The Kier molecular flexibility index (Phi) is 6.99. The standard InChI is InChI=1S/C22H26N4O3S/c1-14-10-15(2)12-19(11-14)29-16(3)21-24-25-22(26(21)4)30-13-20(27)23-17-6-8-18(28-5)9-7-17/h6-12,16H,13H2,1-5H3,(H,23,27). The van der Waals surface area contributed by atoms with E-state index in [1.807, 2.05) is 44.5 Å². The molecule has 0 aliphatic rings. The Bertz CT molecular complexity index is 997. The molecule has 0 saturated heterocycles. The first-order chi connectivity index (χ1) is 14.4. The van der Waals surface area contributed by atoms with Crippen LogP contribution >= 0.6 is 11.8 Å². The Morgan fingerprint density at radius 2 is 1.77 bits per heavy atom. The molecule has 1 atom stereocenters. The molecule has 0 bridgehead atoms. The van der Waals surface area contributed by atoms with Crippen molar-refractivity contribution < 1.29 is 14.3 Å². The fourth-order valence-electron chi connectivity index (χ4n) is 3.07. The maximum Gasteiger partial charge on any atom is 0.234 e. The van der Waals surface area contributed by atoms with Crippen LogP contribution in [0.1, 0.15) is 30.0 Å². The molecular formula is C22H26N4O3S. The normalized spacial score (nSPS) is 11.8. The van der Waals surface area contributed by atoms with Crippen LogP contribution in [0.2, 0.25) is 0 Å². The Hall–Kier alpha value is -3.00. The van der Waals surface area contributed by atoms with Gasteiger partial charge in [0.05, 0.1) is 12.9 Å². The van der Waals surface area contributed by atoms with Crippen molar-refractivity contribution in [2.24, 2.45) is 7.05 Å². The average Bonchev–Trinajstić information content (AvgIpc) is 3.06. The van der Waals surface area contributed by atoms with E-state index in [4.69, 9.17) is 9.47 Å². The van der Waals surface area contributed by atoms with E-state index >= 15 is 0 Å². The molecule has 3 aromatic rings. The van der Waals surface area contributed by atoms with Gasteiger partial charge in [0.15, 0.2) is 17.1 Å². The number of nitrogens with one attached hydrogen (secondary N) is 1. The summed E-state index contributed by atoms with van der Waals surface area (Å²) < 4.78 is 13.0. The van der Waals surface area contributed by atoms with Crippen LogP contribution in [0.3, 0.4) is 0 Å². The predicted molar refractivity (Wildman–Crippen MR) is 118 cm³/mol. The van der Waals surface area contributed by atoms with E-state index in [2.05, 4.69) is 21.6 Å².